The number of anilines is 2. The second kappa shape index (κ2) is 9.67. The minimum absolute atomic E-state index is 0.0486. The van der Waals surface area contributed by atoms with Gasteiger partial charge in [-0.05, 0) is 48.5 Å². The van der Waals surface area contributed by atoms with Crippen molar-refractivity contribution in [2.75, 3.05) is 23.8 Å². The van der Waals surface area contributed by atoms with Crippen LogP contribution in [0.4, 0.5) is 24.7 Å². The van der Waals surface area contributed by atoms with Gasteiger partial charge in [-0.2, -0.15) is 0 Å². The van der Waals surface area contributed by atoms with Crippen molar-refractivity contribution in [2.45, 2.75) is 0 Å². The average molecular weight is 466 g/mol. The second-order valence-electron chi connectivity index (χ2n) is 7.19. The smallest absolute Gasteiger partial charge is 0.255 e. The minimum atomic E-state index is -1.26. The number of hydrogen-bond acceptors (Lipinski definition) is 6. The van der Waals surface area contributed by atoms with Gasteiger partial charge in [-0.15, -0.1) is 0 Å². The number of nitrogens with one attached hydrogen (secondary N) is 2. The Morgan fingerprint density at radius 1 is 0.941 bits per heavy atom. The largest absolute Gasteiger partial charge is 0.395 e. The van der Waals surface area contributed by atoms with Gasteiger partial charge in [-0.3, -0.25) is 14.6 Å². The van der Waals surface area contributed by atoms with Crippen LogP contribution in [0, 0.1) is 17.5 Å². The Hall–Kier alpha value is -4.31. The van der Waals surface area contributed by atoms with Gasteiger partial charge in [0.15, 0.2) is 11.6 Å². The predicted octanol–water partition coefficient (Wildman–Crippen LogP) is 3.93. The van der Waals surface area contributed by atoms with E-state index in [-0.39, 0.29) is 24.3 Å². The van der Waals surface area contributed by atoms with Gasteiger partial charge in [0.1, 0.15) is 17.5 Å². The first kappa shape index (κ1) is 22.9. The SMILES string of the molecule is O=C(Nc1ccc(F)c(C(=O)c2ccc3ncc(NCCO)nc3c2)c1F)c1cccc(F)c1. The Morgan fingerprint density at radius 3 is 2.53 bits per heavy atom. The van der Waals surface area contributed by atoms with Crippen molar-refractivity contribution in [1.29, 1.82) is 0 Å². The van der Waals surface area contributed by atoms with Crippen LogP contribution in [0.1, 0.15) is 26.3 Å². The van der Waals surface area contributed by atoms with E-state index < -0.39 is 40.4 Å². The van der Waals surface area contributed by atoms with E-state index in [4.69, 9.17) is 5.11 Å². The van der Waals surface area contributed by atoms with E-state index in [1.165, 1.54) is 36.5 Å². The molecule has 34 heavy (non-hydrogen) atoms. The number of halogens is 3. The van der Waals surface area contributed by atoms with Crippen LogP contribution in [0.2, 0.25) is 0 Å². The number of hydrogen-bond donors (Lipinski definition) is 3. The predicted molar refractivity (Wildman–Crippen MR) is 119 cm³/mol. The molecule has 0 aliphatic heterocycles. The fourth-order valence-corrected chi connectivity index (χ4v) is 3.25. The number of nitrogens with zero attached hydrogens (tertiary/aromatic N) is 2. The molecule has 1 heterocycles. The zero-order chi connectivity index (χ0) is 24.2. The molecule has 0 radical (unpaired) electrons. The minimum Gasteiger partial charge on any atom is -0.395 e. The van der Waals surface area contributed by atoms with Crippen LogP contribution < -0.4 is 10.6 Å². The molecule has 0 saturated carbocycles. The molecule has 7 nitrogen and oxygen atoms in total. The van der Waals surface area contributed by atoms with Crippen molar-refractivity contribution in [1.82, 2.24) is 9.97 Å². The van der Waals surface area contributed by atoms with Crippen molar-refractivity contribution in [3.8, 4) is 0 Å². The molecule has 3 aromatic carbocycles. The van der Waals surface area contributed by atoms with Gasteiger partial charge >= 0.3 is 0 Å². The average Bonchev–Trinajstić information content (AvgIpc) is 2.83. The Balaban J connectivity index is 1.66. The van der Waals surface area contributed by atoms with E-state index in [0.717, 1.165) is 24.3 Å². The molecule has 0 fully saturated rings. The maximum atomic E-state index is 15.1. The number of aliphatic hydroxyl groups excluding tert-OH is 1. The summed E-state index contributed by atoms with van der Waals surface area (Å²) in [5, 5.41) is 14.0. The number of aromatic nitrogens is 2. The summed E-state index contributed by atoms with van der Waals surface area (Å²) in [6, 6.07) is 10.8. The lowest BCUT2D eigenvalue weighted by molar-refractivity contribution is 0.101. The normalized spacial score (nSPS) is 10.8. The molecule has 0 aliphatic carbocycles. The highest BCUT2D eigenvalue weighted by Gasteiger charge is 2.23. The molecule has 0 aliphatic rings. The summed E-state index contributed by atoms with van der Waals surface area (Å²) in [6.07, 6.45) is 1.45. The zero-order valence-corrected chi connectivity index (χ0v) is 17.5. The highest BCUT2D eigenvalue weighted by Crippen LogP contribution is 2.26. The third kappa shape index (κ3) is 4.71. The van der Waals surface area contributed by atoms with Gasteiger partial charge in [-0.1, -0.05) is 6.07 Å². The Labute approximate surface area is 191 Å². The van der Waals surface area contributed by atoms with Crippen molar-refractivity contribution >= 4 is 34.2 Å². The highest BCUT2D eigenvalue weighted by molar-refractivity contribution is 6.12. The monoisotopic (exact) mass is 466 g/mol. The summed E-state index contributed by atoms with van der Waals surface area (Å²) in [6.45, 7) is 0.117. The number of carbonyl (C=O) groups excluding carboxylic acids is 2. The fourth-order valence-electron chi connectivity index (χ4n) is 3.25. The first-order valence-corrected chi connectivity index (χ1v) is 10.1. The van der Waals surface area contributed by atoms with Crippen LogP contribution in [-0.2, 0) is 0 Å². The molecule has 10 heteroatoms. The molecular formula is C24H17F3N4O3. The summed E-state index contributed by atoms with van der Waals surface area (Å²) in [5.41, 5.74) is -0.676. The molecule has 1 aromatic heterocycles. The van der Waals surface area contributed by atoms with E-state index in [9.17, 15) is 18.4 Å². The molecule has 3 N–H and O–H groups in total. The number of benzene rings is 3. The number of amides is 1. The first-order chi connectivity index (χ1) is 16.4. The van der Waals surface area contributed by atoms with Crippen LogP contribution in [0.15, 0.2) is 60.8 Å². The van der Waals surface area contributed by atoms with Crippen molar-refractivity contribution in [3.63, 3.8) is 0 Å². The molecule has 0 unspecified atom stereocenters. The third-order valence-electron chi connectivity index (χ3n) is 4.88. The van der Waals surface area contributed by atoms with Crippen LogP contribution in [0.3, 0.4) is 0 Å². The fraction of sp³-hybridized carbons (Fsp3) is 0.0833. The van der Waals surface area contributed by atoms with E-state index in [1.54, 1.807) is 0 Å². The van der Waals surface area contributed by atoms with Crippen molar-refractivity contribution in [2.24, 2.45) is 0 Å². The number of aliphatic hydroxyl groups is 1. The standard InChI is InChI=1S/C24H17F3N4O3/c25-15-3-1-2-14(10-15)24(34)31-18-7-5-16(26)21(22(18)27)23(33)13-4-6-17-19(11-13)30-20(12-29-17)28-8-9-32/h1-7,10-12,32H,8-9H2,(H,28,30)(H,31,34). The van der Waals surface area contributed by atoms with Crippen molar-refractivity contribution in [3.05, 3.63) is 94.9 Å². The Kier molecular flexibility index (Phi) is 6.51. The maximum Gasteiger partial charge on any atom is 0.255 e. The topological polar surface area (TPSA) is 104 Å². The number of fused-ring (bicyclic) bond motifs is 1. The van der Waals surface area contributed by atoms with Crippen LogP contribution in [-0.4, -0.2) is 39.9 Å². The van der Waals surface area contributed by atoms with Gasteiger partial charge in [0.2, 0.25) is 0 Å². The first-order valence-electron chi connectivity index (χ1n) is 10.1. The summed E-state index contributed by atoms with van der Waals surface area (Å²) in [5.74, 6) is -4.47. The van der Waals surface area contributed by atoms with Crippen LogP contribution in [0.5, 0.6) is 0 Å². The molecule has 0 bridgehead atoms. The Morgan fingerprint density at radius 2 is 1.76 bits per heavy atom. The molecule has 172 valence electrons. The summed E-state index contributed by atoms with van der Waals surface area (Å²) < 4.78 is 43.0. The van der Waals surface area contributed by atoms with E-state index in [2.05, 4.69) is 20.6 Å². The molecule has 4 aromatic rings. The van der Waals surface area contributed by atoms with Gasteiger partial charge < -0.3 is 15.7 Å². The molecular weight excluding hydrogens is 449 g/mol. The van der Waals surface area contributed by atoms with E-state index in [0.29, 0.717) is 16.9 Å². The summed E-state index contributed by atoms with van der Waals surface area (Å²) in [7, 11) is 0. The molecule has 4 rings (SSSR count). The number of carbonyl (C=O) groups is 2. The van der Waals surface area contributed by atoms with Gasteiger partial charge in [0, 0.05) is 17.7 Å². The Bertz CT molecular complexity index is 1410. The molecule has 0 atom stereocenters. The molecule has 0 saturated heterocycles. The highest BCUT2D eigenvalue weighted by atomic mass is 19.1. The number of ketones is 1. The lowest BCUT2D eigenvalue weighted by atomic mass is 10.0. The third-order valence-corrected chi connectivity index (χ3v) is 4.88. The maximum absolute atomic E-state index is 15.1. The van der Waals surface area contributed by atoms with Gasteiger partial charge in [0.05, 0.1) is 35.1 Å². The van der Waals surface area contributed by atoms with Crippen LogP contribution >= 0.6 is 0 Å². The van der Waals surface area contributed by atoms with Gasteiger partial charge in [0.25, 0.3) is 5.91 Å². The van der Waals surface area contributed by atoms with Gasteiger partial charge in [-0.25, -0.2) is 18.2 Å². The van der Waals surface area contributed by atoms with E-state index >= 15 is 4.39 Å². The summed E-state index contributed by atoms with van der Waals surface area (Å²) >= 11 is 0. The quantitative estimate of drug-likeness (QED) is 0.357. The van der Waals surface area contributed by atoms with E-state index in [1.807, 2.05) is 0 Å². The zero-order valence-electron chi connectivity index (χ0n) is 17.5. The lowest BCUT2D eigenvalue weighted by Gasteiger charge is -2.11. The molecule has 0 spiro atoms. The van der Waals surface area contributed by atoms with Crippen LogP contribution in [0.25, 0.3) is 11.0 Å². The molecule has 1 amide bonds. The summed E-state index contributed by atoms with van der Waals surface area (Å²) in [4.78, 5) is 33.8. The lowest BCUT2D eigenvalue weighted by Crippen LogP contribution is -2.16. The second-order valence-corrected chi connectivity index (χ2v) is 7.19. The number of rotatable bonds is 7. The van der Waals surface area contributed by atoms with Crippen molar-refractivity contribution < 1.29 is 27.9 Å².